The van der Waals surface area contributed by atoms with Crippen molar-refractivity contribution in [1.82, 2.24) is 15.1 Å². The number of carbonyl (C=O) groups excluding carboxylic acids is 1. The number of carbonyl (C=O) groups is 1. The van der Waals surface area contributed by atoms with Crippen molar-refractivity contribution in [2.24, 2.45) is 0 Å². The van der Waals surface area contributed by atoms with E-state index in [9.17, 15) is 9.59 Å². The number of aryl methyl sites for hydroxylation is 1. The summed E-state index contributed by atoms with van der Waals surface area (Å²) in [6.45, 7) is 2.42. The molecule has 0 spiro atoms. The summed E-state index contributed by atoms with van der Waals surface area (Å²) in [6.07, 6.45) is 0.822. The van der Waals surface area contributed by atoms with Crippen molar-refractivity contribution in [3.8, 4) is 28.5 Å². The Hall–Kier alpha value is -3.81. The smallest absolute Gasteiger partial charge is 0.266 e. The van der Waals surface area contributed by atoms with E-state index in [1.165, 1.54) is 10.7 Å². The van der Waals surface area contributed by atoms with E-state index < -0.39 is 0 Å². The van der Waals surface area contributed by atoms with E-state index in [0.717, 1.165) is 17.5 Å². The Morgan fingerprint density at radius 1 is 1.00 bits per heavy atom. The van der Waals surface area contributed by atoms with Gasteiger partial charge in [0.2, 0.25) is 0 Å². The molecule has 0 radical (unpaired) electrons. The fourth-order valence-electron chi connectivity index (χ4n) is 3.19. The van der Waals surface area contributed by atoms with E-state index in [0.29, 0.717) is 22.9 Å². The van der Waals surface area contributed by atoms with Gasteiger partial charge in [-0.25, -0.2) is 4.68 Å². The first-order valence-corrected chi connectivity index (χ1v) is 10.3. The summed E-state index contributed by atoms with van der Waals surface area (Å²) in [5, 5.41) is 7.17. The van der Waals surface area contributed by atoms with Gasteiger partial charge in [-0.3, -0.25) is 9.59 Å². The first kappa shape index (κ1) is 22.9. The highest BCUT2D eigenvalue weighted by Crippen LogP contribution is 2.31. The van der Waals surface area contributed by atoms with Gasteiger partial charge in [-0.15, -0.1) is 0 Å². The molecule has 0 atom stereocenters. The number of nitrogens with one attached hydrogen (secondary N) is 1. The van der Waals surface area contributed by atoms with Crippen LogP contribution < -0.4 is 25.1 Å². The first-order chi connectivity index (χ1) is 15.5. The van der Waals surface area contributed by atoms with Crippen molar-refractivity contribution in [2.75, 3.05) is 27.4 Å². The first-order valence-electron chi connectivity index (χ1n) is 10.3. The third kappa shape index (κ3) is 5.66. The molecule has 168 valence electrons. The van der Waals surface area contributed by atoms with Crippen LogP contribution in [0.2, 0.25) is 0 Å². The number of amides is 1. The molecule has 1 amide bonds. The fourth-order valence-corrected chi connectivity index (χ4v) is 3.19. The lowest BCUT2D eigenvalue weighted by atomic mass is 10.1. The van der Waals surface area contributed by atoms with Crippen LogP contribution in [0.5, 0.6) is 17.2 Å². The van der Waals surface area contributed by atoms with Crippen molar-refractivity contribution in [3.63, 3.8) is 0 Å². The number of para-hydroxylation sites is 1. The zero-order chi connectivity index (χ0) is 22.9. The van der Waals surface area contributed by atoms with E-state index in [4.69, 9.17) is 14.2 Å². The zero-order valence-corrected chi connectivity index (χ0v) is 18.5. The highest BCUT2D eigenvalue weighted by Gasteiger charge is 2.10. The van der Waals surface area contributed by atoms with Crippen LogP contribution in [-0.2, 0) is 17.8 Å². The van der Waals surface area contributed by atoms with Crippen molar-refractivity contribution in [2.45, 2.75) is 19.9 Å². The minimum Gasteiger partial charge on any atom is -0.493 e. The molecular formula is C24H27N3O5. The van der Waals surface area contributed by atoms with Crippen LogP contribution in [0.1, 0.15) is 12.5 Å². The number of hydrogen-bond acceptors (Lipinski definition) is 6. The molecule has 1 aromatic heterocycles. The van der Waals surface area contributed by atoms with Crippen molar-refractivity contribution >= 4 is 5.91 Å². The van der Waals surface area contributed by atoms with Crippen LogP contribution >= 0.6 is 0 Å². The minimum atomic E-state index is -0.264. The molecular weight excluding hydrogens is 410 g/mol. The Balaban J connectivity index is 1.60. The number of benzene rings is 2. The second-order valence-corrected chi connectivity index (χ2v) is 6.95. The van der Waals surface area contributed by atoms with Gasteiger partial charge in [0.15, 0.2) is 18.1 Å². The summed E-state index contributed by atoms with van der Waals surface area (Å²) >= 11 is 0. The average molecular weight is 437 g/mol. The van der Waals surface area contributed by atoms with Crippen molar-refractivity contribution < 1.29 is 19.0 Å². The topological polar surface area (TPSA) is 91.7 Å². The van der Waals surface area contributed by atoms with E-state index in [1.807, 2.05) is 37.3 Å². The Labute approximate surface area is 186 Å². The molecule has 8 nitrogen and oxygen atoms in total. The highest BCUT2D eigenvalue weighted by atomic mass is 16.5. The molecule has 8 heteroatoms. The molecule has 0 unspecified atom stereocenters. The number of aromatic nitrogens is 2. The molecule has 32 heavy (non-hydrogen) atoms. The highest BCUT2D eigenvalue weighted by molar-refractivity contribution is 5.77. The lowest BCUT2D eigenvalue weighted by Gasteiger charge is -2.12. The summed E-state index contributed by atoms with van der Waals surface area (Å²) in [4.78, 5) is 24.3. The quantitative estimate of drug-likeness (QED) is 0.524. The minimum absolute atomic E-state index is 0.0922. The van der Waals surface area contributed by atoms with Gasteiger partial charge in [-0.1, -0.05) is 25.1 Å². The molecule has 0 bridgehead atoms. The van der Waals surface area contributed by atoms with E-state index in [-0.39, 0.29) is 31.2 Å². The normalized spacial score (nSPS) is 10.5. The van der Waals surface area contributed by atoms with Gasteiger partial charge in [0.25, 0.3) is 11.5 Å². The van der Waals surface area contributed by atoms with Gasteiger partial charge in [0, 0.05) is 18.2 Å². The van der Waals surface area contributed by atoms with Crippen LogP contribution in [-0.4, -0.2) is 43.1 Å². The second kappa shape index (κ2) is 11.0. The Bertz CT molecular complexity index is 1130. The molecule has 0 aliphatic carbocycles. The maximum absolute atomic E-state index is 12.2. The summed E-state index contributed by atoms with van der Waals surface area (Å²) in [6, 6.07) is 16.1. The Morgan fingerprint density at radius 3 is 2.53 bits per heavy atom. The SMILES string of the molecule is CCc1ccccc1OCC(=O)NCCn1nc(-c2ccc(OC)c(OC)c2)ccc1=O. The zero-order valence-electron chi connectivity index (χ0n) is 18.5. The largest absolute Gasteiger partial charge is 0.493 e. The Kier molecular flexibility index (Phi) is 7.85. The van der Waals surface area contributed by atoms with E-state index in [2.05, 4.69) is 10.4 Å². The van der Waals surface area contributed by atoms with Crippen LogP contribution in [0.25, 0.3) is 11.3 Å². The molecule has 0 saturated carbocycles. The maximum atomic E-state index is 12.2. The number of hydrogen-bond donors (Lipinski definition) is 1. The predicted octanol–water partition coefficient (Wildman–Crippen LogP) is 2.69. The Morgan fingerprint density at radius 2 is 1.78 bits per heavy atom. The number of methoxy groups -OCH3 is 2. The summed E-state index contributed by atoms with van der Waals surface area (Å²) in [5.41, 5.74) is 2.18. The molecule has 0 saturated heterocycles. The molecule has 2 aromatic carbocycles. The maximum Gasteiger partial charge on any atom is 0.266 e. The third-order valence-electron chi connectivity index (χ3n) is 4.90. The second-order valence-electron chi connectivity index (χ2n) is 6.95. The van der Waals surface area contributed by atoms with E-state index in [1.54, 1.807) is 32.4 Å². The van der Waals surface area contributed by atoms with Crippen LogP contribution in [0.3, 0.4) is 0 Å². The molecule has 3 aromatic rings. The molecule has 0 fully saturated rings. The lowest BCUT2D eigenvalue weighted by Crippen LogP contribution is -2.34. The van der Waals surface area contributed by atoms with Crippen LogP contribution in [0.15, 0.2) is 59.4 Å². The fraction of sp³-hybridized carbons (Fsp3) is 0.292. The van der Waals surface area contributed by atoms with Crippen molar-refractivity contribution in [3.05, 3.63) is 70.5 Å². The van der Waals surface area contributed by atoms with Gasteiger partial charge in [0.05, 0.1) is 26.5 Å². The summed E-state index contributed by atoms with van der Waals surface area (Å²) in [5.74, 6) is 1.61. The van der Waals surface area contributed by atoms with Gasteiger partial charge in [0.1, 0.15) is 5.75 Å². The van der Waals surface area contributed by atoms with Crippen molar-refractivity contribution in [1.29, 1.82) is 0 Å². The summed E-state index contributed by atoms with van der Waals surface area (Å²) < 4.78 is 17.5. The van der Waals surface area contributed by atoms with E-state index >= 15 is 0 Å². The average Bonchev–Trinajstić information content (AvgIpc) is 2.83. The van der Waals surface area contributed by atoms with Gasteiger partial charge < -0.3 is 19.5 Å². The standard InChI is InChI=1S/C24H27N3O5/c1-4-17-7-5-6-8-20(17)32-16-23(28)25-13-14-27-24(29)12-10-19(26-27)18-9-11-21(30-2)22(15-18)31-3/h5-12,15H,4,13-14,16H2,1-3H3,(H,25,28). The van der Waals surface area contributed by atoms with Gasteiger partial charge >= 0.3 is 0 Å². The van der Waals surface area contributed by atoms with Gasteiger partial charge in [-0.2, -0.15) is 5.10 Å². The van der Waals surface area contributed by atoms with Gasteiger partial charge in [-0.05, 0) is 42.3 Å². The molecule has 0 aliphatic heterocycles. The summed E-state index contributed by atoms with van der Waals surface area (Å²) in [7, 11) is 3.13. The number of nitrogens with zero attached hydrogens (tertiary/aromatic N) is 2. The van der Waals surface area contributed by atoms with Crippen LogP contribution in [0, 0.1) is 0 Å². The third-order valence-corrected chi connectivity index (χ3v) is 4.90. The molecule has 0 aliphatic rings. The number of rotatable bonds is 10. The molecule has 1 heterocycles. The predicted molar refractivity (Wildman–Crippen MR) is 121 cm³/mol. The number of ether oxygens (including phenoxy) is 3. The lowest BCUT2D eigenvalue weighted by molar-refractivity contribution is -0.123. The van der Waals surface area contributed by atoms with Crippen LogP contribution in [0.4, 0.5) is 0 Å². The molecule has 1 N–H and O–H groups in total. The monoisotopic (exact) mass is 437 g/mol. The molecule has 3 rings (SSSR count).